The van der Waals surface area contributed by atoms with Crippen LogP contribution in [0.25, 0.3) is 0 Å². The number of carbonyl (C=O) groups excluding carboxylic acids is 1. The number of carbonyl (C=O) groups is 1. The van der Waals surface area contributed by atoms with Gasteiger partial charge in [-0.25, -0.2) is 8.42 Å². The van der Waals surface area contributed by atoms with E-state index in [2.05, 4.69) is 17.6 Å². The van der Waals surface area contributed by atoms with Gasteiger partial charge in [0, 0.05) is 31.6 Å². The molecule has 8 heteroatoms. The number of hydrogen-bond acceptors (Lipinski definition) is 4. The average molecular weight is 416 g/mol. The van der Waals surface area contributed by atoms with Crippen LogP contribution < -0.4 is 10.6 Å². The first-order chi connectivity index (χ1) is 12.5. The van der Waals surface area contributed by atoms with E-state index in [4.69, 9.17) is 0 Å². The van der Waals surface area contributed by atoms with Crippen molar-refractivity contribution in [1.82, 2.24) is 14.9 Å². The summed E-state index contributed by atoms with van der Waals surface area (Å²) in [5, 5.41) is 6.32. The molecule has 2 heterocycles. The van der Waals surface area contributed by atoms with E-state index in [1.807, 2.05) is 6.07 Å². The number of hydrogen-bond donors (Lipinski definition) is 2. The highest BCUT2D eigenvalue weighted by Gasteiger charge is 2.27. The smallest absolute Gasteiger partial charge is 0.243 e. The van der Waals surface area contributed by atoms with Crippen LogP contribution >= 0.6 is 12.4 Å². The fourth-order valence-corrected chi connectivity index (χ4v) is 5.36. The standard InChI is InChI=1S/C19H29N3O3S.ClH/c1-15-12-17(8-9-20-15)19(23)21-14-16-6-5-7-18(13-16)26(24,25)22-10-3-2-4-11-22;/h5-7,13,15,17,20H,2-4,8-12,14H2,1H3,(H,21,23);1H/t15-,17-;/m0./s1. The minimum absolute atomic E-state index is 0. The molecule has 152 valence electrons. The maximum absolute atomic E-state index is 12.8. The Hall–Kier alpha value is -1.15. The molecular weight excluding hydrogens is 386 g/mol. The molecular formula is C19H30ClN3O3S. The van der Waals surface area contributed by atoms with Crippen LogP contribution in [0, 0.1) is 5.92 Å². The van der Waals surface area contributed by atoms with Crippen LogP contribution in [-0.2, 0) is 21.4 Å². The summed E-state index contributed by atoms with van der Waals surface area (Å²) in [5.74, 6) is 0.0918. The van der Waals surface area contributed by atoms with E-state index in [9.17, 15) is 13.2 Å². The number of nitrogens with zero attached hydrogens (tertiary/aromatic N) is 1. The molecule has 2 aliphatic rings. The van der Waals surface area contributed by atoms with Gasteiger partial charge < -0.3 is 10.6 Å². The second kappa shape index (κ2) is 9.87. The molecule has 0 spiro atoms. The second-order valence-corrected chi connectivity index (χ2v) is 9.34. The summed E-state index contributed by atoms with van der Waals surface area (Å²) >= 11 is 0. The van der Waals surface area contributed by atoms with Crippen molar-refractivity contribution in [2.75, 3.05) is 19.6 Å². The normalized spacial score (nSPS) is 24.0. The molecule has 1 aromatic carbocycles. The number of sulfonamides is 1. The molecule has 27 heavy (non-hydrogen) atoms. The maximum Gasteiger partial charge on any atom is 0.243 e. The Balaban J connectivity index is 0.00000261. The van der Waals surface area contributed by atoms with Gasteiger partial charge in [-0.15, -0.1) is 12.4 Å². The monoisotopic (exact) mass is 415 g/mol. The van der Waals surface area contributed by atoms with Crippen molar-refractivity contribution in [1.29, 1.82) is 0 Å². The van der Waals surface area contributed by atoms with Gasteiger partial charge in [-0.3, -0.25) is 4.79 Å². The van der Waals surface area contributed by atoms with E-state index in [1.54, 1.807) is 22.5 Å². The molecule has 3 rings (SSSR count). The maximum atomic E-state index is 12.8. The van der Waals surface area contributed by atoms with Crippen LogP contribution in [0.4, 0.5) is 0 Å². The molecule has 2 fully saturated rings. The van der Waals surface area contributed by atoms with Crippen molar-refractivity contribution in [3.63, 3.8) is 0 Å². The third-order valence-corrected chi connectivity index (χ3v) is 7.21. The minimum atomic E-state index is -3.44. The van der Waals surface area contributed by atoms with Crippen LogP contribution in [0.2, 0.25) is 0 Å². The molecule has 0 bridgehead atoms. The molecule has 0 saturated carbocycles. The number of piperidine rings is 2. The van der Waals surface area contributed by atoms with E-state index in [1.165, 1.54) is 0 Å². The van der Waals surface area contributed by atoms with Gasteiger partial charge in [-0.1, -0.05) is 18.6 Å². The van der Waals surface area contributed by atoms with Crippen molar-refractivity contribution < 1.29 is 13.2 Å². The number of nitrogens with one attached hydrogen (secondary N) is 2. The summed E-state index contributed by atoms with van der Waals surface area (Å²) in [6.45, 7) is 4.51. The molecule has 1 amide bonds. The summed E-state index contributed by atoms with van der Waals surface area (Å²) in [6, 6.07) is 7.31. The zero-order chi connectivity index (χ0) is 18.6. The second-order valence-electron chi connectivity index (χ2n) is 7.41. The Morgan fingerprint density at radius 1 is 1.26 bits per heavy atom. The summed E-state index contributed by atoms with van der Waals surface area (Å²) in [7, 11) is -3.44. The Kier molecular flexibility index (Phi) is 8.09. The Labute approximate surface area is 168 Å². The first kappa shape index (κ1) is 22.1. The highest BCUT2D eigenvalue weighted by molar-refractivity contribution is 7.89. The van der Waals surface area contributed by atoms with E-state index < -0.39 is 10.0 Å². The Morgan fingerprint density at radius 3 is 2.70 bits per heavy atom. The Morgan fingerprint density at radius 2 is 2.00 bits per heavy atom. The third kappa shape index (κ3) is 5.67. The molecule has 1 aromatic rings. The van der Waals surface area contributed by atoms with Crippen molar-refractivity contribution in [3.8, 4) is 0 Å². The highest BCUT2D eigenvalue weighted by atomic mass is 35.5. The van der Waals surface area contributed by atoms with Gasteiger partial charge in [0.1, 0.15) is 0 Å². The first-order valence-electron chi connectivity index (χ1n) is 9.57. The van der Waals surface area contributed by atoms with E-state index >= 15 is 0 Å². The zero-order valence-corrected chi connectivity index (χ0v) is 17.4. The first-order valence-corrected chi connectivity index (χ1v) is 11.0. The van der Waals surface area contributed by atoms with E-state index in [-0.39, 0.29) is 24.2 Å². The SMILES string of the molecule is C[C@H]1C[C@@H](C(=O)NCc2cccc(S(=O)(=O)N3CCCCC3)c2)CCN1.Cl. The van der Waals surface area contributed by atoms with Crippen LogP contribution in [0.3, 0.4) is 0 Å². The van der Waals surface area contributed by atoms with Gasteiger partial charge in [0.2, 0.25) is 15.9 Å². The fourth-order valence-electron chi connectivity index (χ4n) is 3.77. The molecule has 2 saturated heterocycles. The highest BCUT2D eigenvalue weighted by Crippen LogP contribution is 2.21. The predicted octanol–water partition coefficient (Wildman–Crippen LogP) is 2.29. The third-order valence-electron chi connectivity index (χ3n) is 5.31. The van der Waals surface area contributed by atoms with Crippen LogP contribution in [-0.4, -0.2) is 44.3 Å². The molecule has 2 atom stereocenters. The van der Waals surface area contributed by atoms with E-state index in [0.717, 1.165) is 44.2 Å². The quantitative estimate of drug-likeness (QED) is 0.773. The summed E-state index contributed by atoms with van der Waals surface area (Å²) in [4.78, 5) is 12.7. The van der Waals surface area contributed by atoms with Crippen molar-refractivity contribution in [2.45, 2.75) is 56.5 Å². The number of benzene rings is 1. The van der Waals surface area contributed by atoms with Crippen molar-refractivity contribution in [3.05, 3.63) is 29.8 Å². The van der Waals surface area contributed by atoms with Gasteiger partial charge in [-0.05, 0) is 56.8 Å². The molecule has 2 aliphatic heterocycles. The molecule has 0 radical (unpaired) electrons. The molecule has 2 N–H and O–H groups in total. The molecule has 0 aliphatic carbocycles. The number of amides is 1. The van der Waals surface area contributed by atoms with Gasteiger partial charge in [0.15, 0.2) is 0 Å². The molecule has 0 unspecified atom stereocenters. The van der Waals surface area contributed by atoms with E-state index in [0.29, 0.717) is 30.6 Å². The fraction of sp³-hybridized carbons (Fsp3) is 0.632. The van der Waals surface area contributed by atoms with Crippen molar-refractivity contribution in [2.24, 2.45) is 5.92 Å². The summed E-state index contributed by atoms with van der Waals surface area (Å²) in [5.41, 5.74) is 0.818. The topological polar surface area (TPSA) is 78.5 Å². The summed E-state index contributed by atoms with van der Waals surface area (Å²) < 4.78 is 27.2. The lowest BCUT2D eigenvalue weighted by molar-refractivity contribution is -0.126. The predicted molar refractivity (Wildman–Crippen MR) is 108 cm³/mol. The molecule has 6 nitrogen and oxygen atoms in total. The lowest BCUT2D eigenvalue weighted by atomic mass is 9.92. The lowest BCUT2D eigenvalue weighted by Crippen LogP contribution is -2.42. The summed E-state index contributed by atoms with van der Waals surface area (Å²) in [6.07, 6.45) is 4.62. The average Bonchev–Trinajstić information content (AvgIpc) is 2.67. The van der Waals surface area contributed by atoms with Crippen molar-refractivity contribution >= 4 is 28.3 Å². The lowest BCUT2D eigenvalue weighted by Gasteiger charge is -2.27. The largest absolute Gasteiger partial charge is 0.352 e. The Bertz CT molecular complexity index is 735. The van der Waals surface area contributed by atoms with Gasteiger partial charge >= 0.3 is 0 Å². The number of rotatable bonds is 5. The molecule has 0 aromatic heterocycles. The number of halogens is 1. The van der Waals surface area contributed by atoms with Gasteiger partial charge in [0.05, 0.1) is 4.90 Å². The van der Waals surface area contributed by atoms with Crippen LogP contribution in [0.5, 0.6) is 0 Å². The van der Waals surface area contributed by atoms with Crippen LogP contribution in [0.15, 0.2) is 29.2 Å². The van der Waals surface area contributed by atoms with Crippen LogP contribution in [0.1, 0.15) is 44.6 Å². The minimum Gasteiger partial charge on any atom is -0.352 e. The van der Waals surface area contributed by atoms with Gasteiger partial charge in [0.25, 0.3) is 0 Å². The zero-order valence-electron chi connectivity index (χ0n) is 15.8. The van der Waals surface area contributed by atoms with Gasteiger partial charge in [-0.2, -0.15) is 4.31 Å².